The van der Waals surface area contributed by atoms with E-state index in [4.69, 9.17) is 0 Å². The molecule has 0 saturated carbocycles. The molecule has 2 fully saturated rings. The average molecular weight is 349 g/mol. The Balaban J connectivity index is 0.00000176. The fourth-order valence-corrected chi connectivity index (χ4v) is 5.33. The summed E-state index contributed by atoms with van der Waals surface area (Å²) in [5.74, 6) is 0. The number of hydrogen-bond donors (Lipinski definition) is 1. The maximum atomic E-state index is 12.9. The van der Waals surface area contributed by atoms with Crippen LogP contribution in [0.25, 0.3) is 0 Å². The minimum atomic E-state index is -3.41. The van der Waals surface area contributed by atoms with Crippen molar-refractivity contribution in [1.82, 2.24) is 19.4 Å². The monoisotopic (exact) mass is 348 g/mol. The number of halogens is 1. The Morgan fingerprint density at radius 3 is 2.77 bits per heavy atom. The smallest absolute Gasteiger partial charge is 0.246 e. The van der Waals surface area contributed by atoms with Crippen molar-refractivity contribution < 1.29 is 8.42 Å². The first-order chi connectivity index (χ1) is 9.98. The molecule has 1 spiro atoms. The van der Waals surface area contributed by atoms with Gasteiger partial charge in [-0.15, -0.1) is 12.4 Å². The van der Waals surface area contributed by atoms with Gasteiger partial charge in [0, 0.05) is 26.2 Å². The quantitative estimate of drug-likeness (QED) is 0.896. The number of hydrogen-bond acceptors (Lipinski definition) is 4. The zero-order valence-electron chi connectivity index (χ0n) is 13.2. The topological polar surface area (TPSA) is 67.2 Å². The molecule has 2 saturated heterocycles. The van der Waals surface area contributed by atoms with Gasteiger partial charge in [0.05, 0.1) is 11.9 Å². The van der Waals surface area contributed by atoms with Crippen LogP contribution in [0.3, 0.4) is 0 Å². The van der Waals surface area contributed by atoms with Crippen LogP contribution in [0.2, 0.25) is 0 Å². The molecule has 1 N–H and O–H groups in total. The van der Waals surface area contributed by atoms with E-state index in [1.165, 1.54) is 6.20 Å². The van der Waals surface area contributed by atoms with Gasteiger partial charge in [0.25, 0.3) is 0 Å². The predicted molar refractivity (Wildman–Crippen MR) is 87.8 cm³/mol. The molecule has 22 heavy (non-hydrogen) atoms. The fraction of sp³-hybridized carbons (Fsp3) is 0.786. The lowest BCUT2D eigenvalue weighted by atomic mass is 9.80. The van der Waals surface area contributed by atoms with E-state index in [2.05, 4.69) is 10.4 Å². The summed E-state index contributed by atoms with van der Waals surface area (Å²) in [6.07, 6.45) is 4.72. The van der Waals surface area contributed by atoms with Gasteiger partial charge in [-0.1, -0.05) is 0 Å². The molecular weight excluding hydrogens is 324 g/mol. The van der Waals surface area contributed by atoms with E-state index in [1.54, 1.807) is 8.99 Å². The average Bonchev–Trinajstić information content (AvgIpc) is 3.05. The molecule has 1 aromatic heterocycles. The Labute approximate surface area is 138 Å². The van der Waals surface area contributed by atoms with E-state index in [0.29, 0.717) is 24.5 Å². The van der Waals surface area contributed by atoms with Gasteiger partial charge >= 0.3 is 0 Å². The Bertz CT molecular complexity index is 623. The van der Waals surface area contributed by atoms with Crippen LogP contribution < -0.4 is 5.32 Å². The molecule has 1 aromatic rings. The van der Waals surface area contributed by atoms with Crippen LogP contribution in [0.4, 0.5) is 0 Å². The van der Waals surface area contributed by atoms with Gasteiger partial charge in [0.2, 0.25) is 10.0 Å². The Morgan fingerprint density at radius 2 is 2.18 bits per heavy atom. The lowest BCUT2D eigenvalue weighted by molar-refractivity contribution is 0.224. The van der Waals surface area contributed by atoms with Gasteiger partial charge in [-0.2, -0.15) is 9.40 Å². The molecule has 0 amide bonds. The number of nitrogens with zero attached hydrogens (tertiary/aromatic N) is 3. The second-order valence-corrected chi connectivity index (χ2v) is 8.19. The SMILES string of the molecule is CCn1ncc(S(=O)(=O)N2CCC3(CCCNC3)C2)c1C.Cl. The first kappa shape index (κ1) is 17.7. The largest absolute Gasteiger partial charge is 0.316 e. The van der Waals surface area contributed by atoms with E-state index >= 15 is 0 Å². The summed E-state index contributed by atoms with van der Waals surface area (Å²) in [6, 6.07) is 0. The van der Waals surface area contributed by atoms with Crippen LogP contribution in [0.15, 0.2) is 11.1 Å². The molecule has 3 heterocycles. The molecule has 126 valence electrons. The summed E-state index contributed by atoms with van der Waals surface area (Å²) in [4.78, 5) is 0.366. The molecule has 2 aliphatic heterocycles. The van der Waals surface area contributed by atoms with Crippen LogP contribution in [-0.4, -0.2) is 48.7 Å². The fourth-order valence-electron chi connectivity index (χ4n) is 3.62. The van der Waals surface area contributed by atoms with Crippen molar-refractivity contribution in [3.05, 3.63) is 11.9 Å². The van der Waals surface area contributed by atoms with Gasteiger partial charge in [-0.25, -0.2) is 8.42 Å². The molecule has 2 aliphatic rings. The number of piperidine rings is 1. The van der Waals surface area contributed by atoms with Crippen molar-refractivity contribution in [3.8, 4) is 0 Å². The van der Waals surface area contributed by atoms with E-state index in [1.807, 2.05) is 13.8 Å². The predicted octanol–water partition coefficient (Wildman–Crippen LogP) is 1.40. The third-order valence-corrected chi connectivity index (χ3v) is 6.89. The van der Waals surface area contributed by atoms with Gasteiger partial charge in [-0.05, 0) is 45.1 Å². The maximum Gasteiger partial charge on any atom is 0.246 e. The molecule has 3 rings (SSSR count). The number of nitrogens with one attached hydrogen (secondary N) is 1. The highest BCUT2D eigenvalue weighted by atomic mass is 35.5. The summed E-state index contributed by atoms with van der Waals surface area (Å²) in [6.45, 7) is 7.74. The van der Waals surface area contributed by atoms with Crippen molar-refractivity contribution in [1.29, 1.82) is 0 Å². The molecule has 0 radical (unpaired) electrons. The Kier molecular flexibility index (Phi) is 5.21. The Hall–Kier alpha value is -0.630. The highest BCUT2D eigenvalue weighted by Crippen LogP contribution is 2.38. The number of aromatic nitrogens is 2. The Morgan fingerprint density at radius 1 is 1.41 bits per heavy atom. The molecule has 0 aromatic carbocycles. The number of rotatable bonds is 3. The molecule has 1 atom stereocenters. The van der Waals surface area contributed by atoms with Gasteiger partial charge < -0.3 is 5.32 Å². The van der Waals surface area contributed by atoms with Crippen LogP contribution >= 0.6 is 12.4 Å². The zero-order valence-corrected chi connectivity index (χ0v) is 14.8. The van der Waals surface area contributed by atoms with Crippen molar-refractivity contribution in [2.24, 2.45) is 5.41 Å². The van der Waals surface area contributed by atoms with E-state index in [-0.39, 0.29) is 17.8 Å². The van der Waals surface area contributed by atoms with Crippen molar-refractivity contribution >= 4 is 22.4 Å². The minimum Gasteiger partial charge on any atom is -0.316 e. The molecular formula is C14H25ClN4O2S. The van der Waals surface area contributed by atoms with Gasteiger partial charge in [-0.3, -0.25) is 4.68 Å². The molecule has 1 unspecified atom stereocenters. The second-order valence-electron chi connectivity index (χ2n) is 6.28. The summed E-state index contributed by atoms with van der Waals surface area (Å²) in [5, 5.41) is 7.59. The van der Waals surface area contributed by atoms with Crippen LogP contribution in [0.1, 0.15) is 31.9 Å². The lowest BCUT2D eigenvalue weighted by Crippen LogP contribution is -2.42. The van der Waals surface area contributed by atoms with Crippen molar-refractivity contribution in [2.75, 3.05) is 26.2 Å². The third kappa shape index (κ3) is 2.91. The summed E-state index contributed by atoms with van der Waals surface area (Å²) in [7, 11) is -3.41. The highest BCUT2D eigenvalue weighted by Gasteiger charge is 2.44. The van der Waals surface area contributed by atoms with E-state index in [0.717, 1.165) is 38.0 Å². The van der Waals surface area contributed by atoms with Gasteiger partial charge in [0.15, 0.2) is 0 Å². The lowest BCUT2D eigenvalue weighted by Gasteiger charge is -2.33. The van der Waals surface area contributed by atoms with Crippen LogP contribution in [0, 0.1) is 12.3 Å². The van der Waals surface area contributed by atoms with E-state index < -0.39 is 10.0 Å². The summed E-state index contributed by atoms with van der Waals surface area (Å²) in [5.41, 5.74) is 0.875. The van der Waals surface area contributed by atoms with Crippen molar-refractivity contribution in [3.63, 3.8) is 0 Å². The maximum absolute atomic E-state index is 12.9. The highest BCUT2D eigenvalue weighted by molar-refractivity contribution is 7.89. The molecule has 0 aliphatic carbocycles. The van der Waals surface area contributed by atoms with Crippen LogP contribution in [-0.2, 0) is 16.6 Å². The standard InChI is InChI=1S/C14H24N4O2S.ClH/c1-3-18-12(2)13(9-16-18)21(19,20)17-8-6-14(11-17)5-4-7-15-10-14;/h9,15H,3-8,10-11H2,1-2H3;1H. The third-order valence-electron chi connectivity index (χ3n) is 4.94. The minimum absolute atomic E-state index is 0. The normalized spacial score (nSPS) is 26.3. The number of aryl methyl sites for hydroxylation is 1. The first-order valence-electron chi connectivity index (χ1n) is 7.72. The summed E-state index contributed by atoms with van der Waals surface area (Å²) < 4.78 is 29.1. The second kappa shape index (κ2) is 6.47. The zero-order chi connectivity index (χ0) is 15.1. The first-order valence-corrected chi connectivity index (χ1v) is 9.16. The molecule has 6 nitrogen and oxygen atoms in total. The number of sulfonamides is 1. The van der Waals surface area contributed by atoms with Gasteiger partial charge in [0.1, 0.15) is 4.90 Å². The van der Waals surface area contributed by atoms with Crippen LogP contribution in [0.5, 0.6) is 0 Å². The summed E-state index contributed by atoms with van der Waals surface area (Å²) >= 11 is 0. The van der Waals surface area contributed by atoms with E-state index in [9.17, 15) is 8.42 Å². The van der Waals surface area contributed by atoms with Crippen molar-refractivity contribution in [2.45, 2.75) is 44.6 Å². The molecule has 0 bridgehead atoms. The molecule has 8 heteroatoms.